The SMILES string of the molecule is COc1ncccc1CNCC1CC1. The lowest BCUT2D eigenvalue weighted by Gasteiger charge is -2.07. The molecule has 1 aliphatic carbocycles. The summed E-state index contributed by atoms with van der Waals surface area (Å²) in [5.41, 5.74) is 1.13. The van der Waals surface area contributed by atoms with Crippen molar-refractivity contribution in [1.29, 1.82) is 0 Å². The summed E-state index contributed by atoms with van der Waals surface area (Å²) < 4.78 is 5.17. The highest BCUT2D eigenvalue weighted by Gasteiger charge is 2.20. The van der Waals surface area contributed by atoms with E-state index in [9.17, 15) is 0 Å². The van der Waals surface area contributed by atoms with Gasteiger partial charge in [0.25, 0.3) is 0 Å². The van der Waals surface area contributed by atoms with Crippen LogP contribution in [-0.4, -0.2) is 18.6 Å². The third kappa shape index (κ3) is 2.45. The lowest BCUT2D eigenvalue weighted by Crippen LogP contribution is -2.16. The monoisotopic (exact) mass is 192 g/mol. The Kier molecular flexibility index (Phi) is 2.99. The van der Waals surface area contributed by atoms with Gasteiger partial charge in [0.1, 0.15) is 0 Å². The summed E-state index contributed by atoms with van der Waals surface area (Å²) in [5.74, 6) is 1.65. The second kappa shape index (κ2) is 4.42. The minimum absolute atomic E-state index is 0.732. The molecule has 0 atom stereocenters. The van der Waals surface area contributed by atoms with Crippen LogP contribution in [0.2, 0.25) is 0 Å². The molecule has 1 heterocycles. The van der Waals surface area contributed by atoms with E-state index in [1.165, 1.54) is 12.8 Å². The highest BCUT2D eigenvalue weighted by molar-refractivity contribution is 5.24. The van der Waals surface area contributed by atoms with Crippen LogP contribution in [0, 0.1) is 5.92 Å². The summed E-state index contributed by atoms with van der Waals surface area (Å²) in [5, 5.41) is 3.42. The summed E-state index contributed by atoms with van der Waals surface area (Å²) in [6, 6.07) is 3.99. The third-order valence-electron chi connectivity index (χ3n) is 2.49. The summed E-state index contributed by atoms with van der Waals surface area (Å²) in [6.45, 7) is 1.98. The molecule has 2 rings (SSSR count). The van der Waals surface area contributed by atoms with Crippen LogP contribution in [0.15, 0.2) is 18.3 Å². The van der Waals surface area contributed by atoms with E-state index in [1.807, 2.05) is 12.1 Å². The van der Waals surface area contributed by atoms with E-state index in [-0.39, 0.29) is 0 Å². The van der Waals surface area contributed by atoms with E-state index in [0.29, 0.717) is 0 Å². The highest BCUT2D eigenvalue weighted by atomic mass is 16.5. The van der Waals surface area contributed by atoms with Gasteiger partial charge in [-0.1, -0.05) is 6.07 Å². The quantitative estimate of drug-likeness (QED) is 0.769. The van der Waals surface area contributed by atoms with Gasteiger partial charge in [0.2, 0.25) is 5.88 Å². The number of aromatic nitrogens is 1. The number of ether oxygens (including phenoxy) is 1. The average molecular weight is 192 g/mol. The maximum absolute atomic E-state index is 5.17. The largest absolute Gasteiger partial charge is 0.481 e. The van der Waals surface area contributed by atoms with E-state index in [2.05, 4.69) is 10.3 Å². The number of rotatable bonds is 5. The van der Waals surface area contributed by atoms with Gasteiger partial charge in [-0.3, -0.25) is 0 Å². The summed E-state index contributed by atoms with van der Waals surface area (Å²) in [7, 11) is 1.66. The molecule has 1 saturated carbocycles. The lowest BCUT2D eigenvalue weighted by atomic mass is 10.2. The molecule has 0 radical (unpaired) electrons. The van der Waals surface area contributed by atoms with Crippen LogP contribution in [-0.2, 0) is 6.54 Å². The number of hydrogen-bond acceptors (Lipinski definition) is 3. The molecule has 1 N–H and O–H groups in total. The molecule has 3 heteroatoms. The second-order valence-corrected chi connectivity index (χ2v) is 3.75. The van der Waals surface area contributed by atoms with E-state index in [0.717, 1.165) is 30.5 Å². The van der Waals surface area contributed by atoms with Gasteiger partial charge < -0.3 is 10.1 Å². The van der Waals surface area contributed by atoms with E-state index >= 15 is 0 Å². The van der Waals surface area contributed by atoms with Crippen LogP contribution in [0.3, 0.4) is 0 Å². The van der Waals surface area contributed by atoms with Crippen LogP contribution >= 0.6 is 0 Å². The molecule has 0 unspecified atom stereocenters. The fraction of sp³-hybridized carbons (Fsp3) is 0.545. The molecule has 0 aromatic carbocycles. The maximum atomic E-state index is 5.17. The molecule has 0 aliphatic heterocycles. The van der Waals surface area contributed by atoms with Crippen molar-refractivity contribution in [2.45, 2.75) is 19.4 Å². The first-order valence-corrected chi connectivity index (χ1v) is 5.08. The topological polar surface area (TPSA) is 34.1 Å². The van der Waals surface area contributed by atoms with Gasteiger partial charge in [-0.05, 0) is 31.4 Å². The van der Waals surface area contributed by atoms with Crippen LogP contribution in [0.1, 0.15) is 18.4 Å². The Morgan fingerprint density at radius 1 is 1.57 bits per heavy atom. The number of pyridine rings is 1. The standard InChI is InChI=1S/C11H16N2O/c1-14-11-10(3-2-6-13-11)8-12-7-9-4-5-9/h2-3,6,9,12H,4-5,7-8H2,1H3. The van der Waals surface area contributed by atoms with Crippen molar-refractivity contribution in [1.82, 2.24) is 10.3 Å². The molecule has 1 fully saturated rings. The molecule has 0 bridgehead atoms. The predicted molar refractivity (Wildman–Crippen MR) is 55.2 cm³/mol. The zero-order chi connectivity index (χ0) is 9.80. The lowest BCUT2D eigenvalue weighted by molar-refractivity contribution is 0.390. The minimum atomic E-state index is 0.732. The summed E-state index contributed by atoms with van der Waals surface area (Å²) in [6.07, 6.45) is 4.53. The Balaban J connectivity index is 1.86. The first-order valence-electron chi connectivity index (χ1n) is 5.08. The second-order valence-electron chi connectivity index (χ2n) is 3.75. The molecule has 1 aromatic rings. The maximum Gasteiger partial charge on any atom is 0.217 e. The van der Waals surface area contributed by atoms with Crippen LogP contribution in [0.5, 0.6) is 5.88 Å². The van der Waals surface area contributed by atoms with Crippen molar-refractivity contribution in [3.63, 3.8) is 0 Å². The van der Waals surface area contributed by atoms with Gasteiger partial charge >= 0.3 is 0 Å². The van der Waals surface area contributed by atoms with Crippen molar-refractivity contribution >= 4 is 0 Å². The fourth-order valence-electron chi connectivity index (χ4n) is 1.48. The van der Waals surface area contributed by atoms with Gasteiger partial charge in [-0.25, -0.2) is 4.98 Å². The molecule has 3 nitrogen and oxygen atoms in total. The predicted octanol–water partition coefficient (Wildman–Crippen LogP) is 1.59. The molecule has 1 aliphatic rings. The molecule has 76 valence electrons. The normalized spacial score (nSPS) is 15.5. The van der Waals surface area contributed by atoms with E-state index in [1.54, 1.807) is 13.3 Å². The smallest absolute Gasteiger partial charge is 0.217 e. The molecule has 1 aromatic heterocycles. The van der Waals surface area contributed by atoms with Crippen LogP contribution in [0.25, 0.3) is 0 Å². The number of nitrogens with one attached hydrogen (secondary N) is 1. The third-order valence-corrected chi connectivity index (χ3v) is 2.49. The Morgan fingerprint density at radius 3 is 3.14 bits per heavy atom. The van der Waals surface area contributed by atoms with E-state index in [4.69, 9.17) is 4.74 Å². The van der Waals surface area contributed by atoms with Crippen molar-refractivity contribution < 1.29 is 4.74 Å². The van der Waals surface area contributed by atoms with E-state index < -0.39 is 0 Å². The average Bonchev–Trinajstić information content (AvgIpc) is 3.03. The van der Waals surface area contributed by atoms with Gasteiger partial charge in [0, 0.05) is 18.3 Å². The van der Waals surface area contributed by atoms with Crippen LogP contribution in [0.4, 0.5) is 0 Å². The molecule has 0 amide bonds. The fourth-order valence-corrected chi connectivity index (χ4v) is 1.48. The van der Waals surface area contributed by atoms with Crippen LogP contribution < -0.4 is 10.1 Å². The molecule has 14 heavy (non-hydrogen) atoms. The minimum Gasteiger partial charge on any atom is -0.481 e. The van der Waals surface area contributed by atoms with Crippen molar-refractivity contribution in [3.8, 4) is 5.88 Å². The Bertz CT molecular complexity index is 297. The summed E-state index contributed by atoms with van der Waals surface area (Å²) in [4.78, 5) is 4.15. The molecular weight excluding hydrogens is 176 g/mol. The summed E-state index contributed by atoms with van der Waals surface area (Å²) >= 11 is 0. The zero-order valence-corrected chi connectivity index (χ0v) is 8.49. The van der Waals surface area contributed by atoms with Gasteiger partial charge in [0.05, 0.1) is 7.11 Å². The highest BCUT2D eigenvalue weighted by Crippen LogP contribution is 2.27. The Labute approximate surface area is 84.5 Å². The molecule has 0 saturated heterocycles. The van der Waals surface area contributed by atoms with Gasteiger partial charge in [0.15, 0.2) is 0 Å². The van der Waals surface area contributed by atoms with Gasteiger partial charge in [-0.2, -0.15) is 0 Å². The number of methoxy groups -OCH3 is 1. The molecular formula is C11H16N2O. The van der Waals surface area contributed by atoms with Crippen molar-refractivity contribution in [2.75, 3.05) is 13.7 Å². The van der Waals surface area contributed by atoms with Crippen molar-refractivity contribution in [2.24, 2.45) is 5.92 Å². The van der Waals surface area contributed by atoms with Gasteiger partial charge in [-0.15, -0.1) is 0 Å². The number of hydrogen-bond donors (Lipinski definition) is 1. The zero-order valence-electron chi connectivity index (χ0n) is 8.49. The Morgan fingerprint density at radius 2 is 2.43 bits per heavy atom. The number of nitrogens with zero attached hydrogens (tertiary/aromatic N) is 1. The first kappa shape index (κ1) is 9.46. The first-order chi connectivity index (χ1) is 6.90. The molecule has 0 spiro atoms. The Hall–Kier alpha value is -1.09. The van der Waals surface area contributed by atoms with Crippen molar-refractivity contribution in [3.05, 3.63) is 23.9 Å².